The number of benzene rings is 4. The summed E-state index contributed by atoms with van der Waals surface area (Å²) in [5.74, 6) is -1.75. The van der Waals surface area contributed by atoms with Crippen LogP contribution < -0.4 is 10.1 Å². The van der Waals surface area contributed by atoms with Crippen LogP contribution in [0, 0.1) is 0 Å². The largest absolute Gasteiger partial charge is 0.465 e. The minimum atomic E-state index is -0.482. The number of anilines is 1. The number of hydrogen-bond acceptors (Lipinski definition) is 8. The molecule has 0 aliphatic carbocycles. The van der Waals surface area contributed by atoms with Crippen molar-refractivity contribution < 1.29 is 38.2 Å². The molecule has 0 unspecified atom stereocenters. The lowest BCUT2D eigenvalue weighted by molar-refractivity contribution is -0.134. The Morgan fingerprint density at radius 3 is 1.93 bits per heavy atom. The first-order valence-electron chi connectivity index (χ1n) is 14.4. The molecular formula is C36H34N2O8. The third-order valence-electron chi connectivity index (χ3n) is 7.11. The van der Waals surface area contributed by atoms with Crippen molar-refractivity contribution in [2.45, 2.75) is 19.3 Å². The van der Waals surface area contributed by atoms with Gasteiger partial charge in [-0.15, -0.1) is 0 Å². The fourth-order valence-corrected chi connectivity index (χ4v) is 4.70. The van der Waals surface area contributed by atoms with Gasteiger partial charge in [0, 0.05) is 26.1 Å². The van der Waals surface area contributed by atoms with E-state index in [0.29, 0.717) is 52.1 Å². The van der Waals surface area contributed by atoms with Crippen molar-refractivity contribution in [1.82, 2.24) is 4.90 Å². The number of esters is 3. The number of methoxy groups -OCH3 is 2. The van der Waals surface area contributed by atoms with Crippen LogP contribution in [0.2, 0.25) is 0 Å². The maximum atomic E-state index is 13.5. The molecule has 0 atom stereocenters. The first kappa shape index (κ1) is 33.1. The fraction of sp³-hybridized carbons (Fsp3) is 0.194. The van der Waals surface area contributed by atoms with Gasteiger partial charge in [0.25, 0.3) is 11.8 Å². The van der Waals surface area contributed by atoms with Gasteiger partial charge < -0.3 is 24.4 Å². The molecule has 4 aromatic rings. The molecule has 0 spiro atoms. The standard InChI is InChI=1S/C36H34N2O8/c1-38(2)34(41)30-22-23(8-7-11-32(39)46-27-19-17-26(18-20-27)36(43)45-4)12-21-31(30)37-33(40)29-10-6-5-9-28(29)24-13-15-25(16-14-24)35(42)44-3/h5-6,9-10,12-22H,7-8,11H2,1-4H3,(H,37,40). The predicted octanol–water partition coefficient (Wildman–Crippen LogP) is 5.81. The van der Waals surface area contributed by atoms with Crippen LogP contribution >= 0.6 is 0 Å². The van der Waals surface area contributed by atoms with Crippen LogP contribution in [0.5, 0.6) is 5.75 Å². The Hall–Kier alpha value is -5.77. The molecule has 2 amide bonds. The summed E-state index contributed by atoms with van der Waals surface area (Å²) in [6.45, 7) is 0. The summed E-state index contributed by atoms with van der Waals surface area (Å²) in [5.41, 5.74) is 3.98. The highest BCUT2D eigenvalue weighted by Gasteiger charge is 2.19. The molecule has 46 heavy (non-hydrogen) atoms. The van der Waals surface area contributed by atoms with Gasteiger partial charge in [-0.05, 0) is 84.1 Å². The number of ether oxygens (including phenoxy) is 3. The van der Waals surface area contributed by atoms with Crippen molar-refractivity contribution in [1.29, 1.82) is 0 Å². The minimum Gasteiger partial charge on any atom is -0.465 e. The van der Waals surface area contributed by atoms with E-state index in [0.717, 1.165) is 11.1 Å². The van der Waals surface area contributed by atoms with Gasteiger partial charge >= 0.3 is 17.9 Å². The van der Waals surface area contributed by atoms with Gasteiger partial charge in [-0.3, -0.25) is 14.4 Å². The maximum Gasteiger partial charge on any atom is 0.337 e. The molecular weight excluding hydrogens is 588 g/mol. The minimum absolute atomic E-state index is 0.131. The fourth-order valence-electron chi connectivity index (χ4n) is 4.70. The SMILES string of the molecule is COC(=O)c1ccc(OC(=O)CCCc2ccc(NC(=O)c3ccccc3-c3ccc(C(=O)OC)cc3)c(C(=O)N(C)C)c2)cc1. The van der Waals surface area contributed by atoms with Crippen molar-refractivity contribution in [2.24, 2.45) is 0 Å². The lowest BCUT2D eigenvalue weighted by Gasteiger charge is -2.17. The van der Waals surface area contributed by atoms with Gasteiger partial charge in [0.05, 0.1) is 36.6 Å². The number of carbonyl (C=O) groups excluding carboxylic acids is 5. The monoisotopic (exact) mass is 622 g/mol. The molecule has 236 valence electrons. The van der Waals surface area contributed by atoms with Crippen LogP contribution in [0.25, 0.3) is 11.1 Å². The Labute approximate surface area is 266 Å². The first-order chi connectivity index (χ1) is 22.1. The van der Waals surface area contributed by atoms with Crippen LogP contribution in [0.4, 0.5) is 5.69 Å². The van der Waals surface area contributed by atoms with Gasteiger partial charge in [-0.1, -0.05) is 36.4 Å². The van der Waals surface area contributed by atoms with E-state index in [2.05, 4.69) is 10.1 Å². The summed E-state index contributed by atoms with van der Waals surface area (Å²) in [4.78, 5) is 63.9. The van der Waals surface area contributed by atoms with Gasteiger partial charge in [-0.25, -0.2) is 9.59 Å². The first-order valence-corrected chi connectivity index (χ1v) is 14.4. The van der Waals surface area contributed by atoms with Crippen LogP contribution in [0.15, 0.2) is 91.0 Å². The second kappa shape index (κ2) is 15.3. The van der Waals surface area contributed by atoms with Gasteiger partial charge in [-0.2, -0.15) is 0 Å². The summed E-state index contributed by atoms with van der Waals surface area (Å²) in [6.07, 6.45) is 1.08. The zero-order chi connectivity index (χ0) is 33.2. The molecule has 0 aromatic heterocycles. The zero-order valence-electron chi connectivity index (χ0n) is 26.0. The third kappa shape index (κ3) is 8.23. The summed E-state index contributed by atoms with van der Waals surface area (Å²) in [6, 6.07) is 25.1. The van der Waals surface area contributed by atoms with E-state index in [1.54, 1.807) is 74.8 Å². The molecule has 0 heterocycles. The van der Waals surface area contributed by atoms with Crippen LogP contribution in [0.1, 0.15) is 59.8 Å². The van der Waals surface area contributed by atoms with Crippen molar-refractivity contribution in [3.05, 3.63) is 119 Å². The smallest absolute Gasteiger partial charge is 0.337 e. The summed E-state index contributed by atoms with van der Waals surface area (Å²) in [7, 11) is 5.85. The van der Waals surface area contributed by atoms with E-state index in [9.17, 15) is 24.0 Å². The van der Waals surface area contributed by atoms with Crippen molar-refractivity contribution >= 4 is 35.4 Å². The van der Waals surface area contributed by atoms with E-state index in [1.807, 2.05) is 6.07 Å². The Morgan fingerprint density at radius 2 is 1.33 bits per heavy atom. The molecule has 10 heteroatoms. The molecule has 0 aliphatic rings. The van der Waals surface area contributed by atoms with Crippen molar-refractivity contribution in [2.75, 3.05) is 33.6 Å². The van der Waals surface area contributed by atoms with E-state index >= 15 is 0 Å². The van der Waals surface area contributed by atoms with E-state index < -0.39 is 23.8 Å². The molecule has 0 saturated carbocycles. The Kier molecular flexibility index (Phi) is 11.0. The number of amides is 2. The van der Waals surface area contributed by atoms with Gasteiger partial charge in [0.15, 0.2) is 0 Å². The molecule has 10 nitrogen and oxygen atoms in total. The van der Waals surface area contributed by atoms with Gasteiger partial charge in [0.2, 0.25) is 0 Å². The third-order valence-corrected chi connectivity index (χ3v) is 7.11. The average molecular weight is 623 g/mol. The second-order valence-corrected chi connectivity index (χ2v) is 10.5. The van der Waals surface area contributed by atoms with Gasteiger partial charge in [0.1, 0.15) is 5.75 Å². The maximum absolute atomic E-state index is 13.5. The van der Waals surface area contributed by atoms with E-state index in [-0.39, 0.29) is 12.3 Å². The van der Waals surface area contributed by atoms with E-state index in [1.165, 1.54) is 43.4 Å². The van der Waals surface area contributed by atoms with Crippen LogP contribution in [0.3, 0.4) is 0 Å². The number of nitrogens with zero attached hydrogens (tertiary/aromatic N) is 1. The zero-order valence-corrected chi connectivity index (χ0v) is 26.0. The highest BCUT2D eigenvalue weighted by atomic mass is 16.5. The lowest BCUT2D eigenvalue weighted by Crippen LogP contribution is -2.24. The highest BCUT2D eigenvalue weighted by Crippen LogP contribution is 2.27. The molecule has 0 aliphatic heterocycles. The lowest BCUT2D eigenvalue weighted by atomic mass is 9.97. The summed E-state index contributed by atoms with van der Waals surface area (Å²) >= 11 is 0. The number of aryl methyl sites for hydroxylation is 1. The van der Waals surface area contributed by atoms with Crippen LogP contribution in [-0.4, -0.2) is 62.9 Å². The van der Waals surface area contributed by atoms with Crippen LogP contribution in [-0.2, 0) is 20.7 Å². The molecule has 4 rings (SSSR count). The second-order valence-electron chi connectivity index (χ2n) is 10.5. The summed E-state index contributed by atoms with van der Waals surface area (Å²) in [5, 5.41) is 2.89. The molecule has 0 bridgehead atoms. The van der Waals surface area contributed by atoms with E-state index in [4.69, 9.17) is 9.47 Å². The highest BCUT2D eigenvalue weighted by molar-refractivity contribution is 6.12. The topological polar surface area (TPSA) is 128 Å². The van der Waals surface area contributed by atoms with Crippen molar-refractivity contribution in [3.8, 4) is 16.9 Å². The van der Waals surface area contributed by atoms with Crippen molar-refractivity contribution in [3.63, 3.8) is 0 Å². The average Bonchev–Trinajstić information content (AvgIpc) is 3.08. The molecule has 1 N–H and O–H groups in total. The Morgan fingerprint density at radius 1 is 0.717 bits per heavy atom. The summed E-state index contributed by atoms with van der Waals surface area (Å²) < 4.78 is 14.8. The Bertz CT molecular complexity index is 1750. The molecule has 0 radical (unpaired) electrons. The normalized spacial score (nSPS) is 10.4. The predicted molar refractivity (Wildman–Crippen MR) is 172 cm³/mol. The molecule has 0 saturated heterocycles. The molecule has 4 aromatic carbocycles. The number of rotatable bonds is 11. The Balaban J connectivity index is 1.45. The molecule has 0 fully saturated rings. The number of carbonyl (C=O) groups is 5. The number of nitrogens with one attached hydrogen (secondary N) is 1. The number of hydrogen-bond donors (Lipinski definition) is 1. The quantitative estimate of drug-likeness (QED) is 0.164.